The maximum Gasteiger partial charge on any atom is 0.408 e. The van der Waals surface area contributed by atoms with Gasteiger partial charge in [-0.05, 0) is 65.2 Å². The molecule has 196 valence electrons. The molecule has 0 heterocycles. The topological polar surface area (TPSA) is 134 Å². The van der Waals surface area contributed by atoms with E-state index in [0.29, 0.717) is 5.56 Å². The number of nitrogens with zero attached hydrogens (tertiary/aromatic N) is 1. The number of alkyl carbamates (subject to hydrolysis) is 1. The van der Waals surface area contributed by atoms with E-state index in [0.717, 1.165) is 11.1 Å². The molecule has 0 fully saturated rings. The van der Waals surface area contributed by atoms with Gasteiger partial charge in [-0.3, -0.25) is 14.4 Å². The molecule has 0 saturated heterocycles. The van der Waals surface area contributed by atoms with Gasteiger partial charge in [0, 0.05) is 13.1 Å². The molecule has 2 atom stereocenters. The number of aliphatic hydroxyl groups excluding tert-OH is 1. The van der Waals surface area contributed by atoms with Crippen LogP contribution in [0.3, 0.4) is 0 Å². The van der Waals surface area contributed by atoms with Gasteiger partial charge in [-0.25, -0.2) is 4.79 Å². The molecular weight excluding hydrogens is 454 g/mol. The largest absolute Gasteiger partial charge is 0.466 e. The van der Waals surface area contributed by atoms with Crippen molar-refractivity contribution in [1.82, 2.24) is 15.5 Å². The van der Waals surface area contributed by atoms with Gasteiger partial charge in [-0.2, -0.15) is 0 Å². The van der Waals surface area contributed by atoms with Crippen molar-refractivity contribution in [1.29, 1.82) is 0 Å². The zero-order valence-electron chi connectivity index (χ0n) is 21.8. The Kier molecular flexibility index (Phi) is 11.7. The monoisotopic (exact) mass is 493 g/mol. The Bertz CT molecular complexity index is 896. The fourth-order valence-electron chi connectivity index (χ4n) is 3.29. The van der Waals surface area contributed by atoms with E-state index in [4.69, 9.17) is 9.47 Å². The zero-order valence-corrected chi connectivity index (χ0v) is 21.8. The highest BCUT2D eigenvalue weighted by Crippen LogP contribution is 2.24. The lowest BCUT2D eigenvalue weighted by Crippen LogP contribution is -2.52. The molecule has 35 heavy (non-hydrogen) atoms. The molecule has 0 radical (unpaired) electrons. The number of carbonyl (C=O) groups excluding carboxylic acids is 4. The van der Waals surface area contributed by atoms with Crippen molar-refractivity contribution >= 4 is 23.9 Å². The summed E-state index contributed by atoms with van der Waals surface area (Å²) in [4.78, 5) is 51.7. The lowest BCUT2D eigenvalue weighted by molar-refractivity contribution is -0.144. The smallest absolute Gasteiger partial charge is 0.408 e. The summed E-state index contributed by atoms with van der Waals surface area (Å²) in [5.74, 6) is -1.55. The molecule has 3 N–H and O–H groups in total. The zero-order chi connectivity index (χ0) is 26.8. The Labute approximate surface area is 207 Å². The molecule has 10 heteroatoms. The minimum absolute atomic E-state index is 0.0197. The van der Waals surface area contributed by atoms with Crippen molar-refractivity contribution in [2.24, 2.45) is 0 Å². The van der Waals surface area contributed by atoms with E-state index >= 15 is 0 Å². The molecule has 0 aliphatic rings. The van der Waals surface area contributed by atoms with Crippen LogP contribution in [0.25, 0.3) is 0 Å². The maximum absolute atomic E-state index is 13.4. The molecule has 2 unspecified atom stereocenters. The normalized spacial score (nSPS) is 12.8. The molecule has 3 amide bonds. The van der Waals surface area contributed by atoms with Crippen LogP contribution in [-0.4, -0.2) is 71.8 Å². The predicted molar refractivity (Wildman–Crippen MR) is 131 cm³/mol. The Morgan fingerprint density at radius 1 is 1.11 bits per heavy atom. The summed E-state index contributed by atoms with van der Waals surface area (Å²) in [6, 6.07) is 3.25. The standard InChI is InChI=1S/C25H39N3O7/c1-8-34-20(30)11-12-26-22(31)21(19-10-9-16(2)17(3)15-19)28(13-14-29)23(32)18(4)27-24(33)35-25(5,6)7/h9-10,15,18,21,29H,8,11-14H2,1-7H3,(H,26,31)(H,27,33). The number of rotatable bonds is 11. The number of benzene rings is 1. The number of ether oxygens (including phenoxy) is 2. The molecule has 0 saturated carbocycles. The summed E-state index contributed by atoms with van der Waals surface area (Å²) in [5.41, 5.74) is 1.71. The summed E-state index contributed by atoms with van der Waals surface area (Å²) in [7, 11) is 0. The quantitative estimate of drug-likeness (QED) is 0.402. The SMILES string of the molecule is CCOC(=O)CCNC(=O)C(c1ccc(C)c(C)c1)N(CCO)C(=O)C(C)NC(=O)OC(C)(C)C. The summed E-state index contributed by atoms with van der Waals surface area (Å²) >= 11 is 0. The van der Waals surface area contributed by atoms with E-state index in [9.17, 15) is 24.3 Å². The molecule has 0 bridgehead atoms. The summed E-state index contributed by atoms with van der Waals surface area (Å²) in [6.07, 6.45) is -0.798. The van der Waals surface area contributed by atoms with Crippen LogP contribution in [0.15, 0.2) is 18.2 Å². The molecule has 0 aliphatic heterocycles. The molecule has 10 nitrogen and oxygen atoms in total. The number of carbonyl (C=O) groups is 4. The van der Waals surface area contributed by atoms with E-state index in [2.05, 4.69) is 10.6 Å². The van der Waals surface area contributed by atoms with Crippen LogP contribution in [0.2, 0.25) is 0 Å². The van der Waals surface area contributed by atoms with E-state index in [1.807, 2.05) is 19.9 Å². The third-order valence-corrected chi connectivity index (χ3v) is 5.07. The van der Waals surface area contributed by atoms with Crippen molar-refractivity contribution in [2.45, 2.75) is 72.6 Å². The van der Waals surface area contributed by atoms with Crippen LogP contribution in [0, 0.1) is 13.8 Å². The first-order valence-electron chi connectivity index (χ1n) is 11.7. The Morgan fingerprint density at radius 2 is 1.77 bits per heavy atom. The summed E-state index contributed by atoms with van der Waals surface area (Å²) < 4.78 is 10.1. The highest BCUT2D eigenvalue weighted by molar-refractivity contribution is 5.92. The second kappa shape index (κ2) is 13.7. The maximum atomic E-state index is 13.4. The lowest BCUT2D eigenvalue weighted by Gasteiger charge is -2.33. The van der Waals surface area contributed by atoms with Crippen LogP contribution in [-0.2, 0) is 23.9 Å². The Balaban J connectivity index is 3.22. The third-order valence-electron chi connectivity index (χ3n) is 5.07. The number of nitrogens with one attached hydrogen (secondary N) is 2. The van der Waals surface area contributed by atoms with Gasteiger partial charge >= 0.3 is 12.1 Å². The van der Waals surface area contributed by atoms with Gasteiger partial charge in [0.2, 0.25) is 11.8 Å². The number of amides is 3. The fraction of sp³-hybridized carbons (Fsp3) is 0.600. The van der Waals surface area contributed by atoms with Gasteiger partial charge in [0.1, 0.15) is 17.7 Å². The first-order valence-corrected chi connectivity index (χ1v) is 11.7. The van der Waals surface area contributed by atoms with Crippen molar-refractivity contribution in [3.05, 3.63) is 34.9 Å². The Morgan fingerprint density at radius 3 is 2.31 bits per heavy atom. The van der Waals surface area contributed by atoms with Crippen molar-refractivity contribution in [3.8, 4) is 0 Å². The number of aryl methyl sites for hydroxylation is 2. The van der Waals surface area contributed by atoms with E-state index < -0.39 is 48.2 Å². The van der Waals surface area contributed by atoms with Crippen molar-refractivity contribution < 1.29 is 33.8 Å². The van der Waals surface area contributed by atoms with Gasteiger partial charge in [-0.1, -0.05) is 18.2 Å². The highest BCUT2D eigenvalue weighted by Gasteiger charge is 2.34. The van der Waals surface area contributed by atoms with E-state index in [1.54, 1.807) is 39.8 Å². The number of esters is 1. The predicted octanol–water partition coefficient (Wildman–Crippen LogP) is 2.15. The summed E-state index contributed by atoms with van der Waals surface area (Å²) in [6.45, 7) is 11.8. The first kappa shape index (κ1) is 29.9. The van der Waals surface area contributed by atoms with Crippen LogP contribution in [0.4, 0.5) is 4.79 Å². The average molecular weight is 494 g/mol. The van der Waals surface area contributed by atoms with Crippen LogP contribution >= 0.6 is 0 Å². The van der Waals surface area contributed by atoms with Crippen molar-refractivity contribution in [3.63, 3.8) is 0 Å². The molecule has 0 spiro atoms. The summed E-state index contributed by atoms with van der Waals surface area (Å²) in [5, 5.41) is 14.9. The van der Waals surface area contributed by atoms with Gasteiger partial charge in [0.25, 0.3) is 0 Å². The second-order valence-corrected chi connectivity index (χ2v) is 9.22. The van der Waals surface area contributed by atoms with Crippen LogP contribution < -0.4 is 10.6 Å². The minimum atomic E-state index is -1.10. The molecule has 0 aliphatic carbocycles. The molecule has 1 aromatic rings. The number of aliphatic hydroxyl groups is 1. The number of hydrogen-bond acceptors (Lipinski definition) is 7. The molecule has 1 aromatic carbocycles. The van der Waals surface area contributed by atoms with Gasteiger partial charge in [-0.15, -0.1) is 0 Å². The highest BCUT2D eigenvalue weighted by atomic mass is 16.6. The van der Waals surface area contributed by atoms with E-state index in [-0.39, 0.29) is 26.1 Å². The molecule has 1 rings (SSSR count). The lowest BCUT2D eigenvalue weighted by atomic mass is 9.98. The van der Waals surface area contributed by atoms with Crippen LogP contribution in [0.1, 0.15) is 63.8 Å². The van der Waals surface area contributed by atoms with Gasteiger partial charge < -0.3 is 30.1 Å². The van der Waals surface area contributed by atoms with Gasteiger partial charge in [0.05, 0.1) is 19.6 Å². The Hall–Kier alpha value is -3.14. The number of hydrogen-bond donors (Lipinski definition) is 3. The average Bonchev–Trinajstić information content (AvgIpc) is 2.74. The molecule has 0 aromatic heterocycles. The minimum Gasteiger partial charge on any atom is -0.466 e. The van der Waals surface area contributed by atoms with Crippen LogP contribution in [0.5, 0.6) is 0 Å². The fourth-order valence-corrected chi connectivity index (χ4v) is 3.29. The van der Waals surface area contributed by atoms with E-state index in [1.165, 1.54) is 11.8 Å². The third kappa shape index (κ3) is 9.94. The molecular formula is C25H39N3O7. The van der Waals surface area contributed by atoms with Gasteiger partial charge in [0.15, 0.2) is 0 Å². The van der Waals surface area contributed by atoms with Crippen molar-refractivity contribution in [2.75, 3.05) is 26.3 Å². The first-order chi connectivity index (χ1) is 16.3. The second-order valence-electron chi connectivity index (χ2n) is 9.22.